The molecular weight excluding hydrogens is 507 g/mol. The third-order valence-corrected chi connectivity index (χ3v) is 8.02. The van der Waals surface area contributed by atoms with Gasteiger partial charge in [0.2, 0.25) is 0 Å². The third-order valence-electron chi connectivity index (χ3n) is 7.30. The van der Waals surface area contributed by atoms with E-state index in [9.17, 15) is 18.4 Å². The Morgan fingerprint density at radius 2 is 1.94 bits per heavy atom. The average molecular weight is 541 g/mol. The fourth-order valence-corrected chi connectivity index (χ4v) is 5.33. The van der Waals surface area contributed by atoms with E-state index in [-0.39, 0.29) is 35.8 Å². The number of nitrogens with zero attached hydrogens (tertiary/aromatic N) is 1. The summed E-state index contributed by atoms with van der Waals surface area (Å²) in [7, 11) is 5.04. The van der Waals surface area contributed by atoms with Crippen LogP contribution in [0.25, 0.3) is 0 Å². The first kappa shape index (κ1) is 27.1. The van der Waals surface area contributed by atoms with Gasteiger partial charge in [-0.1, -0.05) is 25.1 Å². The number of nitrogens with one attached hydrogen (secondary N) is 3. The first-order valence-corrected chi connectivity index (χ1v) is 13.5. The number of amides is 1. The molecule has 1 aliphatic heterocycles. The lowest BCUT2D eigenvalue weighted by molar-refractivity contribution is 0.0648. The third kappa shape index (κ3) is 5.34. The minimum atomic E-state index is -2.73. The molecule has 6 nitrogen and oxygen atoms in total. The molecule has 1 aromatic heterocycles. The second-order valence-electron chi connectivity index (χ2n) is 9.91. The molecule has 1 saturated heterocycles. The van der Waals surface area contributed by atoms with Crippen LogP contribution in [-0.2, 0) is 5.54 Å². The smallest absolute Gasteiger partial charge is 0.261 e. The molecule has 3 N–H and O–H groups in total. The van der Waals surface area contributed by atoms with Gasteiger partial charge in [-0.25, -0.2) is 13.2 Å². The Hall–Kier alpha value is -1.95. The minimum absolute atomic E-state index is 0.00521. The predicted molar refractivity (Wildman–Crippen MR) is 142 cm³/mol. The lowest BCUT2D eigenvalue weighted by atomic mass is 9.94. The van der Waals surface area contributed by atoms with Crippen LogP contribution in [-0.4, -0.2) is 36.0 Å². The topological polar surface area (TPSA) is 75.2 Å². The molecule has 2 fully saturated rings. The molecule has 1 saturated carbocycles. The summed E-state index contributed by atoms with van der Waals surface area (Å²) >= 11 is 0. The van der Waals surface area contributed by atoms with E-state index in [4.69, 9.17) is 0 Å². The van der Waals surface area contributed by atoms with Crippen molar-refractivity contribution in [2.24, 2.45) is 5.92 Å². The number of piperidine rings is 1. The zero-order valence-corrected chi connectivity index (χ0v) is 22.7. The molecule has 1 aliphatic carbocycles. The van der Waals surface area contributed by atoms with Gasteiger partial charge in [0, 0.05) is 29.3 Å². The van der Waals surface area contributed by atoms with Gasteiger partial charge in [0.1, 0.15) is 11.4 Å². The highest BCUT2D eigenvalue weighted by Crippen LogP contribution is 2.48. The lowest BCUT2D eigenvalue weighted by Crippen LogP contribution is -2.43. The minimum Gasteiger partial charge on any atom is -0.381 e. The fraction of sp³-hybridized carbons (Fsp3) is 0.520. The van der Waals surface area contributed by atoms with Gasteiger partial charge in [0.15, 0.2) is 0 Å². The summed E-state index contributed by atoms with van der Waals surface area (Å²) in [6, 6.07) is 5.56. The molecule has 196 valence electrons. The van der Waals surface area contributed by atoms with Crippen molar-refractivity contribution in [1.82, 2.24) is 15.2 Å². The van der Waals surface area contributed by atoms with Gasteiger partial charge in [0.05, 0.1) is 17.3 Å². The van der Waals surface area contributed by atoms with Crippen molar-refractivity contribution in [1.29, 1.82) is 0 Å². The summed E-state index contributed by atoms with van der Waals surface area (Å²) in [4.78, 5) is 26.4. The first-order valence-electron chi connectivity index (χ1n) is 12.2. The van der Waals surface area contributed by atoms with Crippen LogP contribution in [0.15, 0.2) is 35.3 Å². The van der Waals surface area contributed by atoms with Gasteiger partial charge < -0.3 is 20.5 Å². The number of hydrogen-bond acceptors (Lipinski definition) is 4. The molecule has 0 bridgehead atoms. The highest BCUT2D eigenvalue weighted by Gasteiger charge is 2.53. The molecular formula is C25H33F3N4O2P2. The van der Waals surface area contributed by atoms with E-state index in [1.54, 1.807) is 25.1 Å². The monoisotopic (exact) mass is 540 g/mol. The highest BCUT2D eigenvalue weighted by atomic mass is 31.1. The van der Waals surface area contributed by atoms with Crippen molar-refractivity contribution in [2.75, 3.05) is 18.4 Å². The van der Waals surface area contributed by atoms with Crippen molar-refractivity contribution in [2.45, 2.75) is 62.6 Å². The molecule has 11 heteroatoms. The average Bonchev–Trinajstić information content (AvgIpc) is 3.62. The van der Waals surface area contributed by atoms with E-state index >= 15 is 4.39 Å². The molecule has 36 heavy (non-hydrogen) atoms. The number of rotatable bonds is 8. The molecule has 1 aromatic carbocycles. The summed E-state index contributed by atoms with van der Waals surface area (Å²) in [5, 5.41) is 9.24. The number of alkyl halides is 2. The van der Waals surface area contributed by atoms with Crippen LogP contribution >= 0.6 is 18.5 Å². The fourth-order valence-electron chi connectivity index (χ4n) is 4.81. The molecule has 0 radical (unpaired) electrons. The van der Waals surface area contributed by atoms with Crippen molar-refractivity contribution in [3.8, 4) is 0 Å². The van der Waals surface area contributed by atoms with E-state index in [0.717, 1.165) is 24.1 Å². The second kappa shape index (κ2) is 10.8. The van der Waals surface area contributed by atoms with Crippen molar-refractivity contribution in [3.63, 3.8) is 0 Å². The number of hydrogen-bond donors (Lipinski definition) is 3. The van der Waals surface area contributed by atoms with Crippen LogP contribution < -0.4 is 21.5 Å². The van der Waals surface area contributed by atoms with Crippen LogP contribution in [0.3, 0.4) is 0 Å². The van der Waals surface area contributed by atoms with Gasteiger partial charge in [-0.2, -0.15) is 0 Å². The molecule has 5 atom stereocenters. The number of aromatic nitrogens is 1. The van der Waals surface area contributed by atoms with Crippen LogP contribution in [0, 0.1) is 11.7 Å². The Labute approximate surface area is 213 Å². The van der Waals surface area contributed by atoms with Gasteiger partial charge in [-0.15, -0.1) is 18.5 Å². The normalized spacial score (nSPS) is 21.9. The Bertz CT molecular complexity index is 1190. The summed E-state index contributed by atoms with van der Waals surface area (Å²) in [6.07, 6.45) is -0.360. The predicted octanol–water partition coefficient (Wildman–Crippen LogP) is 4.39. The van der Waals surface area contributed by atoms with E-state index in [1.165, 1.54) is 12.3 Å². The highest BCUT2D eigenvalue weighted by molar-refractivity contribution is 7.37. The van der Waals surface area contributed by atoms with Crippen LogP contribution in [0.1, 0.15) is 66.0 Å². The maximum atomic E-state index is 15.1. The standard InChI is InChI=1S/C25H33F3N4O2P2/c1-13-11-29-9-6-18(13)31-19-10-20(33)32(25(7-8-25)24(27)28)12-17(19)22(34)30-14(2)15-4-3-5-16(21(15)26)23(35)36/h3-5,10,12-14,18,23-24,29,31H,6-9,11,35-36H2,1-2H3,(H,30,34)/t13-,14-,18+/m1/s1. The molecule has 0 spiro atoms. The van der Waals surface area contributed by atoms with Gasteiger partial charge in [-0.3, -0.25) is 9.59 Å². The number of halogens is 3. The summed E-state index contributed by atoms with van der Waals surface area (Å²) in [5.74, 6) is -0.749. The number of anilines is 1. The zero-order chi connectivity index (χ0) is 26.2. The largest absolute Gasteiger partial charge is 0.381 e. The molecule has 4 rings (SSSR count). The molecule has 2 heterocycles. The molecule has 2 aliphatic rings. The summed E-state index contributed by atoms with van der Waals surface area (Å²) in [5.41, 5.74) is -0.971. The number of carbonyl (C=O) groups excluding carboxylic acids is 1. The Morgan fingerprint density at radius 3 is 2.56 bits per heavy atom. The number of pyridine rings is 1. The molecule has 2 unspecified atom stereocenters. The number of benzene rings is 1. The number of carbonyl (C=O) groups is 1. The first-order chi connectivity index (χ1) is 17.0. The van der Waals surface area contributed by atoms with Crippen molar-refractivity contribution in [3.05, 3.63) is 63.3 Å². The molecule has 1 amide bonds. The van der Waals surface area contributed by atoms with Crippen LogP contribution in [0.2, 0.25) is 0 Å². The lowest BCUT2D eigenvalue weighted by Gasteiger charge is -2.32. The van der Waals surface area contributed by atoms with E-state index in [1.807, 2.05) is 0 Å². The van der Waals surface area contributed by atoms with E-state index in [0.29, 0.717) is 16.8 Å². The van der Waals surface area contributed by atoms with Crippen LogP contribution in [0.4, 0.5) is 18.9 Å². The zero-order valence-electron chi connectivity index (χ0n) is 20.4. The Morgan fingerprint density at radius 1 is 1.25 bits per heavy atom. The Kier molecular flexibility index (Phi) is 8.13. The summed E-state index contributed by atoms with van der Waals surface area (Å²) < 4.78 is 43.8. The van der Waals surface area contributed by atoms with E-state index in [2.05, 4.69) is 41.4 Å². The van der Waals surface area contributed by atoms with Gasteiger partial charge >= 0.3 is 0 Å². The second-order valence-corrected chi connectivity index (χ2v) is 12.1. The maximum Gasteiger partial charge on any atom is 0.261 e. The quantitative estimate of drug-likeness (QED) is 0.435. The van der Waals surface area contributed by atoms with E-state index < -0.39 is 35.3 Å². The van der Waals surface area contributed by atoms with Crippen molar-refractivity contribution >= 4 is 30.1 Å². The molecule has 2 aromatic rings. The van der Waals surface area contributed by atoms with Gasteiger partial charge in [-0.05, 0) is 50.8 Å². The van der Waals surface area contributed by atoms with Crippen LogP contribution in [0.5, 0.6) is 0 Å². The Balaban J connectivity index is 1.69. The maximum absolute atomic E-state index is 15.1. The summed E-state index contributed by atoms with van der Waals surface area (Å²) in [6.45, 7) is 5.29. The SMILES string of the molecule is C[C@@H]1CNCC[C@@H]1Nc1cc(=O)n(C2(C(F)F)CC2)cc1C(=O)N[C@H](C)c1cccc(C(P)P)c1F. The van der Waals surface area contributed by atoms with Gasteiger partial charge in [0.25, 0.3) is 17.9 Å². The van der Waals surface area contributed by atoms with Crippen molar-refractivity contribution < 1.29 is 18.0 Å².